The van der Waals surface area contributed by atoms with Gasteiger partial charge >= 0.3 is 13.8 Å². The van der Waals surface area contributed by atoms with Gasteiger partial charge in [0.15, 0.2) is 0 Å². The summed E-state index contributed by atoms with van der Waals surface area (Å²) in [6.07, 6.45) is 16.8. The lowest BCUT2D eigenvalue weighted by Gasteiger charge is -2.23. The first-order chi connectivity index (χ1) is 23.7. The molecule has 0 aliphatic heterocycles. The Labute approximate surface area is 305 Å². The molecule has 0 saturated heterocycles. The molecule has 49 heavy (non-hydrogen) atoms. The summed E-state index contributed by atoms with van der Waals surface area (Å²) in [5.74, 6) is 0.546. The zero-order chi connectivity index (χ0) is 36.0. The fourth-order valence-electron chi connectivity index (χ4n) is 5.31. The molecule has 13 heteroatoms. The van der Waals surface area contributed by atoms with Gasteiger partial charge in [-0.3, -0.25) is 13.8 Å². The molecule has 0 amide bonds. The van der Waals surface area contributed by atoms with Crippen molar-refractivity contribution in [3.8, 4) is 0 Å². The van der Waals surface area contributed by atoms with Gasteiger partial charge in [0.2, 0.25) is 0 Å². The van der Waals surface area contributed by atoms with Crippen LogP contribution >= 0.6 is 31.0 Å². The van der Waals surface area contributed by atoms with Gasteiger partial charge in [-0.25, -0.2) is 4.57 Å². The van der Waals surface area contributed by atoms with E-state index < -0.39 is 45.8 Å². The zero-order valence-corrected chi connectivity index (χ0v) is 32.2. The molecule has 1 aromatic carbocycles. The molecule has 10 nitrogen and oxygen atoms in total. The van der Waals surface area contributed by atoms with Crippen LogP contribution in [0.15, 0.2) is 24.3 Å². The van der Waals surface area contributed by atoms with E-state index in [1.807, 2.05) is 24.3 Å². The van der Waals surface area contributed by atoms with Crippen LogP contribution in [0, 0.1) is 0 Å². The van der Waals surface area contributed by atoms with E-state index >= 15 is 0 Å². The van der Waals surface area contributed by atoms with Crippen molar-refractivity contribution in [2.24, 2.45) is 0 Å². The van der Waals surface area contributed by atoms with Gasteiger partial charge in [-0.2, -0.15) is 0 Å². The number of carbonyl (C=O) groups excluding carboxylic acids is 1. The van der Waals surface area contributed by atoms with Gasteiger partial charge in [-0.1, -0.05) is 103 Å². The third-order valence-corrected chi connectivity index (χ3v) is 9.45. The Bertz CT molecular complexity index is 970. The molecule has 0 bridgehead atoms. The van der Waals surface area contributed by atoms with E-state index in [0.29, 0.717) is 44.3 Å². The van der Waals surface area contributed by atoms with Gasteiger partial charge in [0.1, 0.15) is 12.2 Å². The maximum absolute atomic E-state index is 12.7. The summed E-state index contributed by atoms with van der Waals surface area (Å²) >= 11 is 11.8. The molecule has 0 aliphatic rings. The third-order valence-electron chi connectivity index (χ3n) is 8.17. The van der Waals surface area contributed by atoms with Gasteiger partial charge in [0, 0.05) is 43.6 Å². The number of unbranched alkanes of at least 4 members (excludes halogenated alkanes) is 13. The number of nitrogens with zero attached hydrogens (tertiary/aromatic N) is 1. The summed E-state index contributed by atoms with van der Waals surface area (Å²) in [6.45, 7) is 2.51. The molecule has 286 valence electrons. The van der Waals surface area contributed by atoms with Gasteiger partial charge in [0.05, 0.1) is 26.4 Å². The second-order valence-electron chi connectivity index (χ2n) is 12.6. The summed E-state index contributed by atoms with van der Waals surface area (Å²) in [5, 5.41) is 18.3. The van der Waals surface area contributed by atoms with E-state index in [1.54, 1.807) is 0 Å². The normalized spacial score (nSPS) is 14.0. The lowest BCUT2D eigenvalue weighted by atomic mass is 10.0. The fraction of sp³-hybridized carbons (Fsp3) is 0.806. The lowest BCUT2D eigenvalue weighted by molar-refractivity contribution is -0.154. The number of benzene rings is 1. The average molecular weight is 757 g/mol. The predicted molar refractivity (Wildman–Crippen MR) is 199 cm³/mol. The van der Waals surface area contributed by atoms with Crippen LogP contribution in [-0.4, -0.2) is 91.2 Å². The highest BCUT2D eigenvalue weighted by Gasteiger charge is 2.26. The van der Waals surface area contributed by atoms with Crippen molar-refractivity contribution in [1.29, 1.82) is 0 Å². The van der Waals surface area contributed by atoms with Gasteiger partial charge < -0.3 is 29.5 Å². The minimum atomic E-state index is -4.55. The van der Waals surface area contributed by atoms with Crippen molar-refractivity contribution in [1.82, 2.24) is 0 Å². The van der Waals surface area contributed by atoms with Gasteiger partial charge in [-0.15, -0.1) is 23.2 Å². The largest absolute Gasteiger partial charge is 0.472 e. The number of carbonyl (C=O) groups is 1. The van der Waals surface area contributed by atoms with Crippen molar-refractivity contribution >= 4 is 42.7 Å². The van der Waals surface area contributed by atoms with E-state index in [0.717, 1.165) is 30.5 Å². The van der Waals surface area contributed by atoms with E-state index in [4.69, 9.17) is 46.8 Å². The van der Waals surface area contributed by atoms with E-state index in [9.17, 15) is 19.4 Å². The van der Waals surface area contributed by atoms with Crippen molar-refractivity contribution < 1.29 is 43.0 Å². The number of alkyl halides is 2. The van der Waals surface area contributed by atoms with Crippen LogP contribution in [0.5, 0.6) is 0 Å². The number of phosphoric acid groups is 1. The standard InChI is InChI=1S/C36H64Cl2NO9P/c1-2-3-4-5-6-7-8-9-10-11-12-13-14-15-27-45-30-35(31-47-49(43,44)46-29-34(41)28-40)48-36(42)18-16-17-32-19-21-33(22-20-32)39(25-23-37)26-24-38/h19-22,34-35,40-41H,2-18,23-31H2,1H3,(H,43,44)/t34-,35+/m0/s1. The average Bonchev–Trinajstić information content (AvgIpc) is 3.09. The van der Waals surface area contributed by atoms with Crippen molar-refractivity contribution in [3.05, 3.63) is 29.8 Å². The predicted octanol–water partition coefficient (Wildman–Crippen LogP) is 8.19. The number of esters is 1. The minimum absolute atomic E-state index is 0.00597. The van der Waals surface area contributed by atoms with Crippen molar-refractivity contribution in [2.75, 3.05) is 62.8 Å². The Morgan fingerprint density at radius 3 is 1.86 bits per heavy atom. The van der Waals surface area contributed by atoms with Crippen molar-refractivity contribution in [2.45, 2.75) is 128 Å². The van der Waals surface area contributed by atoms with E-state index in [-0.39, 0.29) is 13.0 Å². The number of aliphatic hydroxyl groups excluding tert-OH is 2. The molecule has 0 spiro atoms. The molecule has 1 rings (SSSR count). The van der Waals surface area contributed by atoms with Gasteiger partial charge in [0.25, 0.3) is 0 Å². The maximum Gasteiger partial charge on any atom is 0.472 e. The first-order valence-electron chi connectivity index (χ1n) is 18.4. The lowest BCUT2D eigenvalue weighted by Crippen LogP contribution is -2.29. The Balaban J connectivity index is 2.41. The maximum atomic E-state index is 12.7. The number of halogens is 2. The first-order valence-corrected chi connectivity index (χ1v) is 20.9. The van der Waals surface area contributed by atoms with Crippen LogP contribution in [0.4, 0.5) is 5.69 Å². The number of phosphoric ester groups is 1. The molecule has 0 radical (unpaired) electrons. The summed E-state index contributed by atoms with van der Waals surface area (Å²) in [5.41, 5.74) is 2.12. The molecule has 3 atom stereocenters. The van der Waals surface area contributed by atoms with Gasteiger partial charge in [-0.05, 0) is 37.0 Å². The summed E-state index contributed by atoms with van der Waals surface area (Å²) < 4.78 is 33.3. The Hall–Kier alpha value is -0.940. The summed E-state index contributed by atoms with van der Waals surface area (Å²) in [7, 11) is -4.55. The number of aryl methyl sites for hydroxylation is 1. The first kappa shape index (κ1) is 46.1. The molecule has 0 heterocycles. The van der Waals surface area contributed by atoms with Crippen LogP contribution < -0.4 is 4.90 Å². The van der Waals surface area contributed by atoms with Crippen LogP contribution in [0.1, 0.15) is 115 Å². The smallest absolute Gasteiger partial charge is 0.457 e. The number of anilines is 1. The van der Waals surface area contributed by atoms with Crippen LogP contribution in [0.2, 0.25) is 0 Å². The van der Waals surface area contributed by atoms with Crippen molar-refractivity contribution in [3.63, 3.8) is 0 Å². The van der Waals surface area contributed by atoms with E-state index in [2.05, 4.69) is 11.8 Å². The Morgan fingerprint density at radius 2 is 1.33 bits per heavy atom. The fourth-order valence-corrected chi connectivity index (χ4v) is 6.50. The molecule has 0 fully saturated rings. The number of hydrogen-bond donors (Lipinski definition) is 3. The minimum Gasteiger partial charge on any atom is -0.457 e. The molecule has 0 aliphatic carbocycles. The number of hydrogen-bond acceptors (Lipinski definition) is 9. The molecular formula is C36H64Cl2NO9P. The number of ether oxygens (including phenoxy) is 2. The highest BCUT2D eigenvalue weighted by atomic mass is 35.5. The topological polar surface area (TPSA) is 135 Å². The second-order valence-corrected chi connectivity index (χ2v) is 14.8. The monoisotopic (exact) mass is 755 g/mol. The molecule has 1 aromatic rings. The van der Waals surface area contributed by atoms with E-state index in [1.165, 1.54) is 70.6 Å². The zero-order valence-electron chi connectivity index (χ0n) is 29.8. The third kappa shape index (κ3) is 25.6. The highest BCUT2D eigenvalue weighted by Crippen LogP contribution is 2.43. The SMILES string of the molecule is CCCCCCCCCCCCCCCCOC[C@H](COP(=O)(O)OC[C@@H](O)CO)OC(=O)CCCc1ccc(N(CCCl)CCCl)cc1. The molecule has 1 unspecified atom stereocenters. The molecule has 3 N–H and O–H groups in total. The van der Waals surface area contributed by atoms with Crippen LogP contribution in [-0.2, 0) is 34.3 Å². The highest BCUT2D eigenvalue weighted by molar-refractivity contribution is 7.47. The molecule has 0 aromatic heterocycles. The summed E-state index contributed by atoms with van der Waals surface area (Å²) in [6, 6.07) is 8.07. The Morgan fingerprint density at radius 1 is 0.796 bits per heavy atom. The molecular weight excluding hydrogens is 692 g/mol. The summed E-state index contributed by atoms with van der Waals surface area (Å²) in [4.78, 5) is 24.8. The number of rotatable bonds is 34. The second kappa shape index (κ2) is 30.7. The Kier molecular flexibility index (Phi) is 28.8. The van der Waals surface area contributed by atoms with Crippen LogP contribution in [0.25, 0.3) is 0 Å². The molecule has 0 saturated carbocycles. The number of aliphatic hydroxyl groups is 2. The van der Waals surface area contributed by atoms with Crippen LogP contribution in [0.3, 0.4) is 0 Å². The quantitative estimate of drug-likeness (QED) is 0.0274.